The molecule has 0 aliphatic carbocycles. The number of benzene rings is 1. The van der Waals surface area contributed by atoms with Gasteiger partial charge in [-0.3, -0.25) is 9.69 Å². The van der Waals surface area contributed by atoms with E-state index >= 15 is 0 Å². The van der Waals surface area contributed by atoms with E-state index in [2.05, 4.69) is 5.16 Å². The number of halogens is 2. The summed E-state index contributed by atoms with van der Waals surface area (Å²) < 4.78 is 32.2. The zero-order chi connectivity index (χ0) is 15.0. The Balaban J connectivity index is 1.88. The molecule has 1 aromatic heterocycles. The van der Waals surface area contributed by atoms with E-state index < -0.39 is 11.6 Å². The van der Waals surface area contributed by atoms with Crippen molar-refractivity contribution in [2.45, 2.75) is 24.8 Å². The molecule has 1 aromatic carbocycles. The maximum Gasteiger partial charge on any atom is 0.280 e. The Morgan fingerprint density at radius 1 is 1.33 bits per heavy atom. The minimum absolute atomic E-state index is 0.0506. The number of aromatic amines is 1. The molecule has 6 heteroatoms. The van der Waals surface area contributed by atoms with Crippen molar-refractivity contribution >= 4 is 0 Å². The average molecular weight is 294 g/mol. The first kappa shape index (κ1) is 14.0. The van der Waals surface area contributed by atoms with Gasteiger partial charge < -0.3 is 4.52 Å². The summed E-state index contributed by atoms with van der Waals surface area (Å²) in [6.07, 6.45) is 1.45. The van der Waals surface area contributed by atoms with E-state index in [4.69, 9.17) is 4.52 Å². The van der Waals surface area contributed by atoms with Crippen LogP contribution in [-0.2, 0) is 0 Å². The predicted octanol–water partition coefficient (Wildman–Crippen LogP) is 2.80. The molecule has 112 valence electrons. The third-order valence-electron chi connectivity index (χ3n) is 4.14. The molecule has 21 heavy (non-hydrogen) atoms. The van der Waals surface area contributed by atoms with Crippen LogP contribution in [0.3, 0.4) is 0 Å². The summed E-state index contributed by atoms with van der Waals surface area (Å²) in [7, 11) is 1.91. The van der Waals surface area contributed by atoms with E-state index in [1.54, 1.807) is 0 Å². The first-order valence-electron chi connectivity index (χ1n) is 6.88. The summed E-state index contributed by atoms with van der Waals surface area (Å²) in [5.41, 5.74) is 0.204. The summed E-state index contributed by atoms with van der Waals surface area (Å²) in [5.74, 6) is -0.471. The minimum atomic E-state index is -0.581. The zero-order valence-corrected chi connectivity index (χ0v) is 11.6. The van der Waals surface area contributed by atoms with Crippen LogP contribution in [-0.4, -0.2) is 23.6 Å². The maximum absolute atomic E-state index is 14.0. The van der Waals surface area contributed by atoms with E-state index in [1.165, 1.54) is 18.2 Å². The number of H-pyrrole nitrogens is 1. The molecule has 2 aromatic rings. The van der Waals surface area contributed by atoms with E-state index in [0.717, 1.165) is 19.0 Å². The third kappa shape index (κ3) is 2.76. The van der Waals surface area contributed by atoms with Crippen LogP contribution in [0, 0.1) is 11.6 Å². The second-order valence-corrected chi connectivity index (χ2v) is 5.50. The lowest BCUT2D eigenvalue weighted by Gasteiger charge is -2.36. The first-order valence-corrected chi connectivity index (χ1v) is 6.88. The van der Waals surface area contributed by atoms with Crippen molar-refractivity contribution in [2.24, 2.45) is 0 Å². The second-order valence-electron chi connectivity index (χ2n) is 5.50. The summed E-state index contributed by atoms with van der Waals surface area (Å²) in [6, 6.07) is 4.94. The maximum atomic E-state index is 14.0. The first-order chi connectivity index (χ1) is 10.0. The highest BCUT2D eigenvalue weighted by Crippen LogP contribution is 2.38. The predicted molar refractivity (Wildman–Crippen MR) is 73.0 cm³/mol. The van der Waals surface area contributed by atoms with E-state index in [1.807, 2.05) is 11.9 Å². The number of hydrogen-bond acceptors (Lipinski definition) is 3. The molecule has 0 amide bonds. The molecule has 0 saturated carbocycles. The fraction of sp³-hybridized carbons (Fsp3) is 0.400. The van der Waals surface area contributed by atoms with Crippen molar-refractivity contribution < 1.29 is 13.3 Å². The Hall–Kier alpha value is -1.95. The lowest BCUT2D eigenvalue weighted by molar-refractivity contribution is 0.154. The van der Waals surface area contributed by atoms with Gasteiger partial charge in [0, 0.05) is 29.7 Å². The van der Waals surface area contributed by atoms with Crippen LogP contribution in [0.25, 0.3) is 0 Å². The van der Waals surface area contributed by atoms with E-state index in [9.17, 15) is 13.6 Å². The molecule has 1 aliphatic heterocycles. The van der Waals surface area contributed by atoms with Crippen LogP contribution in [0.2, 0.25) is 0 Å². The number of likely N-dealkylation sites (tertiary alicyclic amines) is 1. The molecule has 2 heterocycles. The SMILES string of the molecule is CN1CC[C@@H](c2cc(=O)[nH]o2)C[C@H]1c1ccc(F)cc1F. The third-order valence-corrected chi connectivity index (χ3v) is 4.14. The number of piperidine rings is 1. The van der Waals surface area contributed by atoms with Gasteiger partial charge >= 0.3 is 0 Å². The van der Waals surface area contributed by atoms with Crippen molar-refractivity contribution in [3.05, 3.63) is 57.6 Å². The Morgan fingerprint density at radius 3 is 2.81 bits per heavy atom. The molecule has 1 N–H and O–H groups in total. The lowest BCUT2D eigenvalue weighted by atomic mass is 9.86. The van der Waals surface area contributed by atoms with Gasteiger partial charge in [-0.2, -0.15) is 5.16 Å². The lowest BCUT2D eigenvalue weighted by Crippen LogP contribution is -2.33. The van der Waals surface area contributed by atoms with Gasteiger partial charge in [0.05, 0.1) is 0 Å². The van der Waals surface area contributed by atoms with Crippen molar-refractivity contribution in [1.82, 2.24) is 10.1 Å². The molecular weight excluding hydrogens is 278 g/mol. The van der Waals surface area contributed by atoms with Crippen LogP contribution < -0.4 is 5.56 Å². The number of nitrogens with zero attached hydrogens (tertiary/aromatic N) is 1. The van der Waals surface area contributed by atoms with Crippen LogP contribution in [0.4, 0.5) is 8.78 Å². The van der Waals surface area contributed by atoms with Gasteiger partial charge in [0.2, 0.25) is 0 Å². The minimum Gasteiger partial charge on any atom is -0.383 e. The fourth-order valence-corrected chi connectivity index (χ4v) is 2.98. The largest absolute Gasteiger partial charge is 0.383 e. The second kappa shape index (κ2) is 5.44. The van der Waals surface area contributed by atoms with Gasteiger partial charge in [-0.05, 0) is 32.5 Å². The quantitative estimate of drug-likeness (QED) is 0.926. The molecule has 0 radical (unpaired) electrons. The van der Waals surface area contributed by atoms with Crippen LogP contribution >= 0.6 is 0 Å². The molecule has 0 bridgehead atoms. The van der Waals surface area contributed by atoms with Crippen molar-refractivity contribution in [1.29, 1.82) is 0 Å². The number of nitrogens with one attached hydrogen (secondary N) is 1. The van der Waals surface area contributed by atoms with Gasteiger partial charge in [-0.1, -0.05) is 6.07 Å². The Morgan fingerprint density at radius 2 is 2.14 bits per heavy atom. The average Bonchev–Trinajstić information content (AvgIpc) is 2.87. The molecule has 1 saturated heterocycles. The Bertz CT molecular complexity index is 695. The Labute approximate surface area is 120 Å². The van der Waals surface area contributed by atoms with Crippen LogP contribution in [0.15, 0.2) is 33.6 Å². The summed E-state index contributed by atoms with van der Waals surface area (Å²) in [4.78, 5) is 13.2. The highest BCUT2D eigenvalue weighted by atomic mass is 19.1. The number of hydrogen-bond donors (Lipinski definition) is 1. The normalized spacial score (nSPS) is 23.4. The zero-order valence-electron chi connectivity index (χ0n) is 11.6. The van der Waals surface area contributed by atoms with Crippen molar-refractivity contribution in [3.63, 3.8) is 0 Å². The molecule has 1 aliphatic rings. The number of aromatic nitrogens is 1. The smallest absolute Gasteiger partial charge is 0.280 e. The van der Waals surface area contributed by atoms with E-state index in [-0.39, 0.29) is 17.5 Å². The van der Waals surface area contributed by atoms with Crippen LogP contribution in [0.5, 0.6) is 0 Å². The molecule has 3 rings (SSSR count). The standard InChI is InChI=1S/C15H16F2N2O2/c1-19-5-4-9(14-8-15(20)18-21-14)6-13(19)11-3-2-10(16)7-12(11)17/h2-3,7-9,13H,4-6H2,1H3,(H,18,20)/t9-,13+/m1/s1. The van der Waals surface area contributed by atoms with Gasteiger partial charge in [0.25, 0.3) is 5.56 Å². The van der Waals surface area contributed by atoms with E-state index in [0.29, 0.717) is 17.7 Å². The monoisotopic (exact) mass is 294 g/mol. The molecule has 2 atom stereocenters. The summed E-state index contributed by atoms with van der Waals surface area (Å²) >= 11 is 0. The van der Waals surface area contributed by atoms with Gasteiger partial charge in [0.15, 0.2) is 0 Å². The number of rotatable bonds is 2. The van der Waals surface area contributed by atoms with Crippen LogP contribution in [0.1, 0.15) is 36.1 Å². The molecule has 0 unspecified atom stereocenters. The van der Waals surface area contributed by atoms with Gasteiger partial charge in [-0.15, -0.1) is 0 Å². The highest BCUT2D eigenvalue weighted by molar-refractivity contribution is 5.24. The fourth-order valence-electron chi connectivity index (χ4n) is 2.98. The Kier molecular flexibility index (Phi) is 3.63. The molecule has 0 spiro atoms. The highest BCUT2D eigenvalue weighted by Gasteiger charge is 2.31. The topological polar surface area (TPSA) is 49.2 Å². The van der Waals surface area contributed by atoms with Gasteiger partial charge in [-0.25, -0.2) is 8.78 Å². The molecule has 1 fully saturated rings. The summed E-state index contributed by atoms with van der Waals surface area (Å²) in [6.45, 7) is 0.751. The molecule has 4 nitrogen and oxygen atoms in total. The van der Waals surface area contributed by atoms with Crippen molar-refractivity contribution in [2.75, 3.05) is 13.6 Å². The summed E-state index contributed by atoms with van der Waals surface area (Å²) in [5, 5.41) is 2.28. The van der Waals surface area contributed by atoms with Gasteiger partial charge in [0.1, 0.15) is 17.4 Å². The van der Waals surface area contributed by atoms with Crippen molar-refractivity contribution in [3.8, 4) is 0 Å². The molecular formula is C15H16F2N2O2.